The van der Waals surface area contributed by atoms with Crippen LogP contribution in [0.1, 0.15) is 19.8 Å². The van der Waals surface area contributed by atoms with Gasteiger partial charge in [0.15, 0.2) is 0 Å². The molecule has 2 N–H and O–H groups in total. The monoisotopic (exact) mass is 435 g/mol. The summed E-state index contributed by atoms with van der Waals surface area (Å²) in [5.41, 5.74) is -0.211. The largest absolute Gasteiger partial charge is 0.492 e. The Labute approximate surface area is 173 Å². The van der Waals surface area contributed by atoms with E-state index in [4.69, 9.17) is 9.47 Å². The summed E-state index contributed by atoms with van der Waals surface area (Å²) >= 11 is 0. The lowest BCUT2D eigenvalue weighted by Crippen LogP contribution is -2.47. The number of nitrogens with one attached hydrogen (secondary N) is 2. The van der Waals surface area contributed by atoms with Gasteiger partial charge in [0.05, 0.1) is 18.6 Å². The maximum absolute atomic E-state index is 13.0. The Balaban J connectivity index is 0.00000392. The van der Waals surface area contributed by atoms with Crippen LogP contribution in [-0.2, 0) is 19.6 Å². The fourth-order valence-corrected chi connectivity index (χ4v) is 4.19. The SMILES string of the molecule is CCOc1ccc(NC(=O)C2(COC)CCNCC2)cc1S(=O)(=O)N(C)C.Cl. The van der Waals surface area contributed by atoms with E-state index in [0.29, 0.717) is 31.7 Å². The zero-order chi connectivity index (χ0) is 20.1. The number of halogens is 1. The number of carbonyl (C=O) groups is 1. The molecule has 2 rings (SSSR count). The van der Waals surface area contributed by atoms with E-state index in [1.54, 1.807) is 26.2 Å². The van der Waals surface area contributed by atoms with Crippen LogP contribution in [0, 0.1) is 5.41 Å². The molecule has 8 nitrogen and oxygen atoms in total. The van der Waals surface area contributed by atoms with Crippen molar-refractivity contribution in [1.29, 1.82) is 0 Å². The van der Waals surface area contributed by atoms with E-state index < -0.39 is 15.4 Å². The fourth-order valence-electron chi connectivity index (χ4n) is 3.14. The van der Waals surface area contributed by atoms with Gasteiger partial charge in [-0.25, -0.2) is 12.7 Å². The number of hydrogen-bond acceptors (Lipinski definition) is 6. The Kier molecular flexibility index (Phi) is 9.16. The summed E-state index contributed by atoms with van der Waals surface area (Å²) < 4.78 is 37.2. The van der Waals surface area contributed by atoms with Crippen molar-refractivity contribution < 1.29 is 22.7 Å². The normalized spacial score (nSPS) is 16.3. The quantitative estimate of drug-likeness (QED) is 0.645. The number of benzene rings is 1. The summed E-state index contributed by atoms with van der Waals surface area (Å²) in [6.45, 7) is 3.92. The number of rotatable bonds is 8. The standard InChI is InChI=1S/C18H29N3O5S.ClH/c1-5-26-15-7-6-14(12-16(15)27(23,24)21(2)3)20-17(22)18(13-25-4)8-10-19-11-9-18;/h6-7,12,19H,5,8-11,13H2,1-4H3,(H,20,22);1H. The van der Waals surface area contributed by atoms with E-state index in [9.17, 15) is 13.2 Å². The summed E-state index contributed by atoms with van der Waals surface area (Å²) in [6.07, 6.45) is 1.32. The van der Waals surface area contributed by atoms with Crippen molar-refractivity contribution in [3.8, 4) is 5.75 Å². The number of nitrogens with zero attached hydrogens (tertiary/aromatic N) is 1. The van der Waals surface area contributed by atoms with E-state index in [-0.39, 0.29) is 29.0 Å². The molecule has 1 aromatic carbocycles. The van der Waals surface area contributed by atoms with Crippen molar-refractivity contribution in [1.82, 2.24) is 9.62 Å². The molecule has 0 aliphatic carbocycles. The highest BCUT2D eigenvalue weighted by molar-refractivity contribution is 7.89. The van der Waals surface area contributed by atoms with Gasteiger partial charge in [0, 0.05) is 26.9 Å². The minimum absolute atomic E-state index is 0. The van der Waals surface area contributed by atoms with Gasteiger partial charge in [0.2, 0.25) is 15.9 Å². The third-order valence-electron chi connectivity index (χ3n) is 4.72. The minimum Gasteiger partial charge on any atom is -0.492 e. The summed E-state index contributed by atoms with van der Waals surface area (Å²) in [5.74, 6) is 0.0980. The molecular formula is C18H30ClN3O5S. The summed E-state index contributed by atoms with van der Waals surface area (Å²) in [6, 6.07) is 4.67. The van der Waals surface area contributed by atoms with Gasteiger partial charge >= 0.3 is 0 Å². The molecule has 0 aromatic heterocycles. The Morgan fingerprint density at radius 2 is 1.93 bits per heavy atom. The van der Waals surface area contributed by atoms with Crippen LogP contribution in [0.3, 0.4) is 0 Å². The van der Waals surface area contributed by atoms with Crippen molar-refractivity contribution in [3.05, 3.63) is 18.2 Å². The van der Waals surface area contributed by atoms with Crippen LogP contribution in [0.4, 0.5) is 5.69 Å². The van der Waals surface area contributed by atoms with Gasteiger partial charge in [-0.1, -0.05) is 0 Å². The zero-order valence-electron chi connectivity index (χ0n) is 16.8. The molecule has 28 heavy (non-hydrogen) atoms. The van der Waals surface area contributed by atoms with Gasteiger partial charge in [-0.05, 0) is 51.1 Å². The van der Waals surface area contributed by atoms with Gasteiger partial charge in [-0.15, -0.1) is 12.4 Å². The maximum Gasteiger partial charge on any atom is 0.246 e. The lowest BCUT2D eigenvalue weighted by molar-refractivity contribution is -0.130. The van der Waals surface area contributed by atoms with Crippen molar-refractivity contribution in [2.45, 2.75) is 24.7 Å². The molecule has 10 heteroatoms. The van der Waals surface area contributed by atoms with E-state index in [1.807, 2.05) is 0 Å². The summed E-state index contributed by atoms with van der Waals surface area (Å²) in [7, 11) is 0.778. The second-order valence-electron chi connectivity index (χ2n) is 6.80. The molecule has 0 atom stereocenters. The first kappa shape index (κ1) is 24.6. The molecule has 0 spiro atoms. The van der Waals surface area contributed by atoms with Gasteiger partial charge in [-0.3, -0.25) is 4.79 Å². The van der Waals surface area contributed by atoms with Crippen LogP contribution in [0.25, 0.3) is 0 Å². The molecule has 0 unspecified atom stereocenters. The molecule has 1 fully saturated rings. The number of methoxy groups -OCH3 is 1. The molecule has 0 saturated carbocycles. The highest BCUT2D eigenvalue weighted by atomic mass is 35.5. The van der Waals surface area contributed by atoms with Crippen molar-refractivity contribution in [2.75, 3.05) is 52.8 Å². The Bertz CT molecular complexity index is 759. The van der Waals surface area contributed by atoms with E-state index in [0.717, 1.165) is 17.4 Å². The summed E-state index contributed by atoms with van der Waals surface area (Å²) in [5, 5.41) is 6.12. The predicted octanol–water partition coefficient (Wildman–Crippen LogP) is 1.71. The number of anilines is 1. The highest BCUT2D eigenvalue weighted by Crippen LogP contribution is 2.33. The molecule has 1 heterocycles. The second kappa shape index (κ2) is 10.4. The highest BCUT2D eigenvalue weighted by Gasteiger charge is 2.39. The van der Waals surface area contributed by atoms with E-state index in [2.05, 4.69) is 10.6 Å². The molecule has 0 radical (unpaired) electrons. The molecule has 160 valence electrons. The lowest BCUT2D eigenvalue weighted by Gasteiger charge is -2.35. The third-order valence-corrected chi connectivity index (χ3v) is 6.56. The fraction of sp³-hybridized carbons (Fsp3) is 0.611. The smallest absolute Gasteiger partial charge is 0.246 e. The van der Waals surface area contributed by atoms with Gasteiger partial charge < -0.3 is 20.1 Å². The van der Waals surface area contributed by atoms with Crippen molar-refractivity contribution in [3.63, 3.8) is 0 Å². The molecule has 0 bridgehead atoms. The number of carbonyl (C=O) groups excluding carboxylic acids is 1. The first-order valence-corrected chi connectivity index (χ1v) is 10.4. The molecule has 1 aliphatic heterocycles. The van der Waals surface area contributed by atoms with Crippen LogP contribution in [0.2, 0.25) is 0 Å². The number of amides is 1. The maximum atomic E-state index is 13.0. The third kappa shape index (κ3) is 5.36. The van der Waals surface area contributed by atoms with Crippen LogP contribution in [0.5, 0.6) is 5.75 Å². The molecule has 1 aromatic rings. The van der Waals surface area contributed by atoms with Gasteiger partial charge in [0.1, 0.15) is 10.6 Å². The number of ether oxygens (including phenoxy) is 2. The van der Waals surface area contributed by atoms with Crippen molar-refractivity contribution in [2.24, 2.45) is 5.41 Å². The van der Waals surface area contributed by atoms with Crippen molar-refractivity contribution >= 4 is 34.0 Å². The Morgan fingerprint density at radius 3 is 2.46 bits per heavy atom. The van der Waals surface area contributed by atoms with Gasteiger partial charge in [-0.2, -0.15) is 0 Å². The average Bonchev–Trinajstić information content (AvgIpc) is 2.64. The molecule has 1 aliphatic rings. The van der Waals surface area contributed by atoms with E-state index in [1.165, 1.54) is 20.2 Å². The Hall–Kier alpha value is -1.39. The first-order valence-electron chi connectivity index (χ1n) is 8.97. The molecular weight excluding hydrogens is 406 g/mol. The molecule has 1 saturated heterocycles. The Morgan fingerprint density at radius 1 is 1.29 bits per heavy atom. The van der Waals surface area contributed by atoms with Crippen LogP contribution < -0.4 is 15.4 Å². The predicted molar refractivity (Wildman–Crippen MR) is 111 cm³/mol. The molecule has 1 amide bonds. The first-order chi connectivity index (χ1) is 12.8. The number of sulfonamides is 1. The summed E-state index contributed by atoms with van der Waals surface area (Å²) in [4.78, 5) is 13.0. The average molecular weight is 436 g/mol. The lowest BCUT2D eigenvalue weighted by atomic mass is 9.78. The number of hydrogen-bond donors (Lipinski definition) is 2. The second-order valence-corrected chi connectivity index (χ2v) is 8.92. The minimum atomic E-state index is -3.72. The topological polar surface area (TPSA) is 97.0 Å². The zero-order valence-corrected chi connectivity index (χ0v) is 18.4. The van der Waals surface area contributed by atoms with Gasteiger partial charge in [0.25, 0.3) is 0 Å². The number of piperidine rings is 1. The van der Waals surface area contributed by atoms with E-state index >= 15 is 0 Å². The van der Waals surface area contributed by atoms with Crippen LogP contribution >= 0.6 is 12.4 Å². The van der Waals surface area contributed by atoms with Crippen LogP contribution in [-0.4, -0.2) is 66.1 Å². The van der Waals surface area contributed by atoms with Crippen LogP contribution in [0.15, 0.2) is 23.1 Å².